The highest BCUT2D eigenvalue weighted by atomic mass is 16.5. The zero-order chi connectivity index (χ0) is 14.7. The average molecular weight is 264 g/mol. The van der Waals surface area contributed by atoms with E-state index in [1.54, 1.807) is 0 Å². The molecule has 1 aromatic rings. The van der Waals surface area contributed by atoms with Crippen molar-refractivity contribution in [2.75, 3.05) is 6.61 Å². The molecule has 2 heteroatoms. The molecule has 0 bridgehead atoms. The summed E-state index contributed by atoms with van der Waals surface area (Å²) in [5.74, 6) is 0.869. The summed E-state index contributed by atoms with van der Waals surface area (Å²) in [5, 5.41) is 10.2. The molecule has 0 spiro atoms. The van der Waals surface area contributed by atoms with E-state index >= 15 is 0 Å². The number of hydrogen-bond acceptors (Lipinski definition) is 2. The number of aliphatic hydroxyl groups is 1. The highest BCUT2D eigenvalue weighted by Crippen LogP contribution is 2.28. The second kappa shape index (κ2) is 5.96. The van der Waals surface area contributed by atoms with E-state index in [9.17, 15) is 5.11 Å². The zero-order valence-electron chi connectivity index (χ0n) is 13.2. The maximum absolute atomic E-state index is 10.2. The van der Waals surface area contributed by atoms with Crippen LogP contribution in [-0.4, -0.2) is 17.3 Å². The van der Waals surface area contributed by atoms with Crippen LogP contribution in [0.3, 0.4) is 0 Å². The zero-order valence-corrected chi connectivity index (χ0v) is 13.2. The Labute approximate surface area is 117 Å². The normalized spacial score (nSPS) is 12.6. The van der Waals surface area contributed by atoms with Gasteiger partial charge in [-0.05, 0) is 42.4 Å². The molecule has 0 fully saturated rings. The molecule has 108 valence electrons. The van der Waals surface area contributed by atoms with E-state index in [0.29, 0.717) is 19.4 Å². The van der Waals surface area contributed by atoms with Crippen LogP contribution in [-0.2, 0) is 5.41 Å². The summed E-state index contributed by atoms with van der Waals surface area (Å²) in [6.07, 6.45) is 1.42. The predicted octanol–water partition coefficient (Wildman–Crippen LogP) is 4.22. The first-order chi connectivity index (χ1) is 8.72. The quantitative estimate of drug-likeness (QED) is 0.862. The fourth-order valence-corrected chi connectivity index (χ4v) is 1.94. The maximum Gasteiger partial charge on any atom is 0.122 e. The van der Waals surface area contributed by atoms with Gasteiger partial charge in [0.25, 0.3) is 0 Å². The first kappa shape index (κ1) is 16.0. The second-order valence-corrected chi connectivity index (χ2v) is 6.45. The van der Waals surface area contributed by atoms with Crippen LogP contribution in [0.5, 0.6) is 5.75 Å². The molecule has 0 atom stereocenters. The van der Waals surface area contributed by atoms with Gasteiger partial charge >= 0.3 is 0 Å². The first-order valence-corrected chi connectivity index (χ1v) is 7.18. The van der Waals surface area contributed by atoms with Gasteiger partial charge in [-0.3, -0.25) is 0 Å². The number of aryl methyl sites for hydroxylation is 1. The average Bonchev–Trinajstić information content (AvgIpc) is 2.35. The van der Waals surface area contributed by atoms with E-state index in [-0.39, 0.29) is 5.41 Å². The maximum atomic E-state index is 10.2. The van der Waals surface area contributed by atoms with E-state index in [2.05, 4.69) is 39.8 Å². The van der Waals surface area contributed by atoms with E-state index in [4.69, 9.17) is 4.74 Å². The van der Waals surface area contributed by atoms with Gasteiger partial charge in [-0.25, -0.2) is 0 Å². The third-order valence-corrected chi connectivity index (χ3v) is 3.85. The van der Waals surface area contributed by atoms with Crippen molar-refractivity contribution in [2.45, 2.75) is 65.4 Å². The highest BCUT2D eigenvalue weighted by molar-refractivity contribution is 5.38. The van der Waals surface area contributed by atoms with Crippen molar-refractivity contribution in [2.24, 2.45) is 0 Å². The van der Waals surface area contributed by atoms with Crippen LogP contribution in [0.1, 0.15) is 58.6 Å². The highest BCUT2D eigenvalue weighted by Gasteiger charge is 2.23. The Morgan fingerprint density at radius 2 is 1.68 bits per heavy atom. The summed E-state index contributed by atoms with van der Waals surface area (Å²) in [6, 6.07) is 6.30. The van der Waals surface area contributed by atoms with Gasteiger partial charge < -0.3 is 9.84 Å². The monoisotopic (exact) mass is 264 g/mol. The molecule has 0 saturated carbocycles. The summed E-state index contributed by atoms with van der Waals surface area (Å²) in [4.78, 5) is 0. The molecule has 0 aliphatic carbocycles. The largest absolute Gasteiger partial charge is 0.490 e. The van der Waals surface area contributed by atoms with E-state index < -0.39 is 5.60 Å². The van der Waals surface area contributed by atoms with Crippen LogP contribution in [0.15, 0.2) is 18.2 Å². The number of ether oxygens (including phenoxy) is 1. The lowest BCUT2D eigenvalue weighted by Gasteiger charge is -2.26. The van der Waals surface area contributed by atoms with Crippen LogP contribution < -0.4 is 4.74 Å². The van der Waals surface area contributed by atoms with Crippen molar-refractivity contribution in [1.82, 2.24) is 0 Å². The molecule has 0 aromatic heterocycles. The van der Waals surface area contributed by atoms with Crippen molar-refractivity contribution in [3.05, 3.63) is 29.3 Å². The van der Waals surface area contributed by atoms with Gasteiger partial charge in [-0.15, -0.1) is 0 Å². The molecular weight excluding hydrogens is 236 g/mol. The van der Waals surface area contributed by atoms with Gasteiger partial charge in [-0.2, -0.15) is 0 Å². The fraction of sp³-hybridized carbons (Fsp3) is 0.647. The van der Waals surface area contributed by atoms with Crippen molar-refractivity contribution >= 4 is 0 Å². The lowest BCUT2D eigenvalue weighted by atomic mass is 9.86. The summed E-state index contributed by atoms with van der Waals surface area (Å²) in [5.41, 5.74) is 1.87. The number of hydrogen-bond donors (Lipinski definition) is 1. The molecule has 0 aliphatic rings. The van der Waals surface area contributed by atoms with Crippen LogP contribution in [0.4, 0.5) is 0 Å². The van der Waals surface area contributed by atoms with Gasteiger partial charge in [0, 0.05) is 0 Å². The Morgan fingerprint density at radius 1 is 1.11 bits per heavy atom. The second-order valence-electron chi connectivity index (χ2n) is 6.45. The van der Waals surface area contributed by atoms with E-state index in [0.717, 1.165) is 11.3 Å². The lowest BCUT2D eigenvalue weighted by molar-refractivity contribution is -0.0115. The summed E-state index contributed by atoms with van der Waals surface area (Å²) in [7, 11) is 0. The summed E-state index contributed by atoms with van der Waals surface area (Å²) in [6.45, 7) is 13.0. The number of benzene rings is 1. The molecule has 0 saturated heterocycles. The summed E-state index contributed by atoms with van der Waals surface area (Å²) < 4.78 is 5.80. The Kier molecular flexibility index (Phi) is 5.03. The van der Waals surface area contributed by atoms with Crippen molar-refractivity contribution in [1.29, 1.82) is 0 Å². The lowest BCUT2D eigenvalue weighted by Crippen LogP contribution is -2.34. The summed E-state index contributed by atoms with van der Waals surface area (Å²) >= 11 is 0. The standard InChI is InChI=1S/C17H28O2/c1-7-17(18,8-2)12-19-15-10-9-14(11-13(15)3)16(4,5)6/h9-11,18H,7-8,12H2,1-6H3. The Morgan fingerprint density at radius 3 is 2.11 bits per heavy atom. The third-order valence-electron chi connectivity index (χ3n) is 3.85. The van der Waals surface area contributed by atoms with Crippen molar-refractivity contribution < 1.29 is 9.84 Å². The molecule has 0 radical (unpaired) electrons. The Hall–Kier alpha value is -1.02. The van der Waals surface area contributed by atoms with Crippen LogP contribution in [0.25, 0.3) is 0 Å². The van der Waals surface area contributed by atoms with Gasteiger partial charge in [0.2, 0.25) is 0 Å². The molecule has 0 aliphatic heterocycles. The minimum atomic E-state index is -0.713. The van der Waals surface area contributed by atoms with E-state index in [1.807, 2.05) is 19.9 Å². The molecule has 2 nitrogen and oxygen atoms in total. The molecule has 1 rings (SSSR count). The number of rotatable bonds is 5. The van der Waals surface area contributed by atoms with Gasteiger partial charge in [-0.1, -0.05) is 46.8 Å². The van der Waals surface area contributed by atoms with Gasteiger partial charge in [0.1, 0.15) is 12.4 Å². The van der Waals surface area contributed by atoms with Crippen LogP contribution >= 0.6 is 0 Å². The van der Waals surface area contributed by atoms with E-state index in [1.165, 1.54) is 5.56 Å². The third kappa shape index (κ3) is 4.24. The van der Waals surface area contributed by atoms with Crippen LogP contribution in [0, 0.1) is 6.92 Å². The molecule has 0 unspecified atom stereocenters. The first-order valence-electron chi connectivity index (χ1n) is 7.18. The molecule has 0 heterocycles. The van der Waals surface area contributed by atoms with Crippen molar-refractivity contribution in [3.8, 4) is 5.75 Å². The minimum absolute atomic E-state index is 0.150. The smallest absolute Gasteiger partial charge is 0.122 e. The predicted molar refractivity (Wildman–Crippen MR) is 80.9 cm³/mol. The fourth-order valence-electron chi connectivity index (χ4n) is 1.94. The van der Waals surface area contributed by atoms with Gasteiger partial charge in [0.15, 0.2) is 0 Å². The van der Waals surface area contributed by atoms with Crippen molar-refractivity contribution in [3.63, 3.8) is 0 Å². The topological polar surface area (TPSA) is 29.5 Å². The molecule has 19 heavy (non-hydrogen) atoms. The Bertz CT molecular complexity index is 412. The Balaban J connectivity index is 2.82. The molecule has 0 amide bonds. The molecular formula is C17H28O2. The molecule has 1 aromatic carbocycles. The molecule has 1 N–H and O–H groups in total. The SMILES string of the molecule is CCC(O)(CC)COc1ccc(C(C)(C)C)cc1C. The minimum Gasteiger partial charge on any atom is -0.490 e. The van der Waals surface area contributed by atoms with Gasteiger partial charge in [0.05, 0.1) is 5.60 Å². The van der Waals surface area contributed by atoms with Crippen LogP contribution in [0.2, 0.25) is 0 Å².